The summed E-state index contributed by atoms with van der Waals surface area (Å²) in [4.78, 5) is 0. The van der Waals surface area contributed by atoms with Gasteiger partial charge in [-0.25, -0.2) is 0 Å². The first-order chi connectivity index (χ1) is 9.74. The number of rotatable bonds is 15. The van der Waals surface area contributed by atoms with E-state index in [2.05, 4.69) is 33.4 Å². The van der Waals surface area contributed by atoms with E-state index in [9.17, 15) is 0 Å². The summed E-state index contributed by atoms with van der Waals surface area (Å²) in [5.41, 5.74) is 0. The van der Waals surface area contributed by atoms with E-state index in [0.717, 1.165) is 0 Å². The summed E-state index contributed by atoms with van der Waals surface area (Å²) in [5, 5.41) is 0. The van der Waals surface area contributed by atoms with E-state index < -0.39 is 18.4 Å². The van der Waals surface area contributed by atoms with Crippen LogP contribution in [0.5, 0.6) is 0 Å². The summed E-state index contributed by atoms with van der Waals surface area (Å²) >= 11 is -1.81. The topological polar surface area (TPSA) is 0 Å². The average molecular weight is 387 g/mol. The fraction of sp³-hybridized carbons (Fsp3) is 0.895. The van der Waals surface area contributed by atoms with Gasteiger partial charge in [-0.2, -0.15) is 0 Å². The summed E-state index contributed by atoms with van der Waals surface area (Å²) in [5.74, 6) is 0. The van der Waals surface area contributed by atoms with Gasteiger partial charge in [-0.15, -0.1) is 0 Å². The quantitative estimate of drug-likeness (QED) is 0.154. The fourth-order valence-corrected chi connectivity index (χ4v) is 19.6. The van der Waals surface area contributed by atoms with E-state index in [1.54, 1.807) is 24.2 Å². The molecule has 0 saturated carbocycles. The van der Waals surface area contributed by atoms with Crippen molar-refractivity contribution in [2.45, 2.75) is 103 Å². The van der Waals surface area contributed by atoms with Gasteiger partial charge in [-0.05, 0) is 0 Å². The minimum atomic E-state index is -1.81. The van der Waals surface area contributed by atoms with Crippen molar-refractivity contribution >= 4 is 18.4 Å². The summed E-state index contributed by atoms with van der Waals surface area (Å²) in [6.07, 6.45) is 16.5. The van der Waals surface area contributed by atoms with Crippen LogP contribution in [-0.4, -0.2) is 18.4 Å². The van der Waals surface area contributed by atoms with Gasteiger partial charge in [0.2, 0.25) is 0 Å². The first kappa shape index (κ1) is 20.5. The predicted molar refractivity (Wildman–Crippen MR) is 98.4 cm³/mol. The van der Waals surface area contributed by atoms with Gasteiger partial charge in [-0.3, -0.25) is 0 Å². The van der Waals surface area contributed by atoms with E-state index in [4.69, 9.17) is 0 Å². The number of hydrogen-bond donors (Lipinski definition) is 0. The second kappa shape index (κ2) is 14.5. The molecule has 120 valence electrons. The molecule has 20 heavy (non-hydrogen) atoms. The molecule has 1 heteroatoms. The first-order valence-electron chi connectivity index (χ1n) is 9.35. The van der Waals surface area contributed by atoms with Crippen LogP contribution in [0.4, 0.5) is 0 Å². The van der Waals surface area contributed by atoms with Crippen LogP contribution in [-0.2, 0) is 0 Å². The summed E-state index contributed by atoms with van der Waals surface area (Å²) in [7, 11) is 0. The molecule has 0 spiro atoms. The second-order valence-corrected chi connectivity index (χ2v) is 21.0. The molecule has 0 unspecified atom stereocenters. The Morgan fingerprint density at radius 1 is 0.650 bits per heavy atom. The van der Waals surface area contributed by atoms with Crippen molar-refractivity contribution in [2.75, 3.05) is 0 Å². The molecule has 0 atom stereocenters. The van der Waals surface area contributed by atoms with Crippen molar-refractivity contribution in [1.29, 1.82) is 0 Å². The molecule has 0 amide bonds. The van der Waals surface area contributed by atoms with Crippen LogP contribution in [0.3, 0.4) is 0 Å². The molecule has 0 aliphatic carbocycles. The molecule has 0 aromatic heterocycles. The van der Waals surface area contributed by atoms with Gasteiger partial charge in [-0.1, -0.05) is 0 Å². The maximum atomic E-state index is 3.91. The molecule has 0 aliphatic heterocycles. The maximum absolute atomic E-state index is 3.91. The van der Waals surface area contributed by atoms with Gasteiger partial charge in [0.1, 0.15) is 0 Å². The number of unbranched alkanes of at least 4 members (excludes halogenated alkanes) is 6. The van der Waals surface area contributed by atoms with Crippen LogP contribution in [0.25, 0.3) is 0 Å². The molecular formula is C19H40Sn. The Morgan fingerprint density at radius 3 is 1.65 bits per heavy atom. The van der Waals surface area contributed by atoms with Crippen molar-refractivity contribution in [1.82, 2.24) is 0 Å². The molecule has 0 nitrogen and oxygen atoms in total. The zero-order valence-corrected chi connectivity index (χ0v) is 17.5. The third kappa shape index (κ3) is 10.3. The number of allylic oxidation sites excluding steroid dienone is 1. The van der Waals surface area contributed by atoms with Crippen LogP contribution in [0, 0.1) is 0 Å². The summed E-state index contributed by atoms with van der Waals surface area (Å²) < 4.78 is 6.68. The molecule has 0 aromatic rings. The van der Waals surface area contributed by atoms with Crippen LogP contribution in [0.2, 0.25) is 17.7 Å². The molecule has 0 N–H and O–H groups in total. The van der Waals surface area contributed by atoms with Gasteiger partial charge < -0.3 is 0 Å². The van der Waals surface area contributed by atoms with Gasteiger partial charge in [0.25, 0.3) is 0 Å². The van der Waals surface area contributed by atoms with Crippen LogP contribution >= 0.6 is 0 Å². The van der Waals surface area contributed by atoms with Crippen LogP contribution in [0.15, 0.2) is 12.7 Å². The standard InChI is InChI=1S/C6H13.C5H9.2C4H9.Sn/c1-3-5-6-4-2;1-3-5-4-2;2*1-3-4-2;/h1,3-6H2,2H3;3H,1-2,4-5H2;2*1,3-4H2,2H3;. The molecule has 0 aromatic carbocycles. The Kier molecular flexibility index (Phi) is 14.9. The van der Waals surface area contributed by atoms with Crippen molar-refractivity contribution in [3.8, 4) is 0 Å². The minimum absolute atomic E-state index is 1.26. The molecule has 0 rings (SSSR count). The zero-order valence-electron chi connectivity index (χ0n) is 14.7. The third-order valence-corrected chi connectivity index (χ3v) is 20.9. The average Bonchev–Trinajstić information content (AvgIpc) is 2.47. The van der Waals surface area contributed by atoms with Crippen molar-refractivity contribution < 1.29 is 0 Å². The van der Waals surface area contributed by atoms with Crippen molar-refractivity contribution in [2.24, 2.45) is 0 Å². The van der Waals surface area contributed by atoms with Gasteiger partial charge in [0.15, 0.2) is 0 Å². The predicted octanol–water partition coefficient (Wildman–Crippen LogP) is 7.58. The Morgan fingerprint density at radius 2 is 1.15 bits per heavy atom. The Hall–Kier alpha value is 0.539. The normalized spacial score (nSPS) is 11.8. The Balaban J connectivity index is 4.46. The number of hydrogen-bond acceptors (Lipinski definition) is 0. The van der Waals surface area contributed by atoms with Crippen molar-refractivity contribution in [3.63, 3.8) is 0 Å². The summed E-state index contributed by atoms with van der Waals surface area (Å²) in [6, 6.07) is 0. The molecule has 0 saturated heterocycles. The van der Waals surface area contributed by atoms with Gasteiger partial charge >= 0.3 is 134 Å². The molecule has 0 aliphatic rings. The molecule has 0 radical (unpaired) electrons. The van der Waals surface area contributed by atoms with E-state index >= 15 is 0 Å². The molecule has 0 bridgehead atoms. The van der Waals surface area contributed by atoms with Gasteiger partial charge in [0, 0.05) is 0 Å². The van der Waals surface area contributed by atoms with Crippen LogP contribution in [0.1, 0.15) is 85.0 Å². The van der Waals surface area contributed by atoms with E-state index in [-0.39, 0.29) is 0 Å². The first-order valence-corrected chi connectivity index (χ1v) is 17.4. The molecular weight excluding hydrogens is 347 g/mol. The SMILES string of the molecule is C=CCC[CH2][Sn]([CH2]CCC)([CH2]CCC)[CH2]CCCCC. The van der Waals surface area contributed by atoms with Crippen LogP contribution < -0.4 is 0 Å². The Labute approximate surface area is 133 Å². The molecule has 0 fully saturated rings. The third-order valence-electron chi connectivity index (χ3n) is 4.80. The zero-order chi connectivity index (χ0) is 15.1. The van der Waals surface area contributed by atoms with E-state index in [1.807, 2.05) is 0 Å². The van der Waals surface area contributed by atoms with Gasteiger partial charge in [0.05, 0.1) is 0 Å². The second-order valence-electron chi connectivity index (χ2n) is 6.70. The van der Waals surface area contributed by atoms with E-state index in [0.29, 0.717) is 0 Å². The molecule has 0 heterocycles. The fourth-order valence-electron chi connectivity index (χ4n) is 3.40. The summed E-state index contributed by atoms with van der Waals surface area (Å²) in [6.45, 7) is 11.0. The van der Waals surface area contributed by atoms with E-state index in [1.165, 1.54) is 57.8 Å². The monoisotopic (exact) mass is 388 g/mol. The van der Waals surface area contributed by atoms with Crippen molar-refractivity contribution in [3.05, 3.63) is 12.7 Å². The Bertz CT molecular complexity index is 202.